The zero-order valence-corrected chi connectivity index (χ0v) is 20.1. The van der Waals surface area contributed by atoms with Gasteiger partial charge in [0.05, 0.1) is 24.8 Å². The Labute approximate surface area is 193 Å². The van der Waals surface area contributed by atoms with Gasteiger partial charge in [0.25, 0.3) is 5.69 Å². The summed E-state index contributed by atoms with van der Waals surface area (Å²) in [4.78, 5) is 22.9. The summed E-state index contributed by atoms with van der Waals surface area (Å²) < 4.78 is 36.2. The van der Waals surface area contributed by atoms with Crippen molar-refractivity contribution in [2.75, 3.05) is 37.4 Å². The summed E-state index contributed by atoms with van der Waals surface area (Å²) in [5, 5.41) is 13.7. The molecule has 0 heterocycles. The summed E-state index contributed by atoms with van der Waals surface area (Å²) in [6.07, 6.45) is 0.906. The van der Waals surface area contributed by atoms with Crippen LogP contribution >= 0.6 is 0 Å². The Morgan fingerprint density at radius 1 is 1.15 bits per heavy atom. The fourth-order valence-corrected chi connectivity index (χ4v) is 3.82. The van der Waals surface area contributed by atoms with Crippen LogP contribution in [0.4, 0.5) is 11.4 Å². The Bertz CT molecular complexity index is 1090. The molecule has 0 spiro atoms. The molecule has 0 aromatic heterocycles. The highest BCUT2D eigenvalue weighted by Gasteiger charge is 2.26. The summed E-state index contributed by atoms with van der Waals surface area (Å²) in [5.41, 5.74) is 0.769. The van der Waals surface area contributed by atoms with E-state index >= 15 is 0 Å². The van der Waals surface area contributed by atoms with Crippen LogP contribution in [-0.4, -0.2) is 52.3 Å². The number of carbonyl (C=O) groups excluding carboxylic acids is 1. The van der Waals surface area contributed by atoms with Crippen molar-refractivity contribution < 1.29 is 27.6 Å². The normalized spacial score (nSPS) is 11.5. The molecule has 0 aliphatic carbocycles. The van der Waals surface area contributed by atoms with Gasteiger partial charge in [0.15, 0.2) is 0 Å². The number of nitro benzene ring substituents is 1. The SMILES string of the molecule is COc1ccc([N+](=O)[O-])cc1N(CC(=O)NCCOc1ccc(C(C)(C)C)cc1)S(C)(=O)=O. The number of methoxy groups -OCH3 is 1. The third-order valence-electron chi connectivity index (χ3n) is 4.74. The van der Waals surface area contributed by atoms with Gasteiger partial charge in [0.1, 0.15) is 30.3 Å². The lowest BCUT2D eigenvalue weighted by molar-refractivity contribution is -0.384. The molecular weight excluding hydrogens is 450 g/mol. The van der Waals surface area contributed by atoms with Crippen molar-refractivity contribution in [3.8, 4) is 11.5 Å². The van der Waals surface area contributed by atoms with Gasteiger partial charge in [0, 0.05) is 12.1 Å². The molecule has 0 saturated carbocycles. The molecule has 0 radical (unpaired) electrons. The highest BCUT2D eigenvalue weighted by molar-refractivity contribution is 7.92. The van der Waals surface area contributed by atoms with Crippen LogP contribution in [-0.2, 0) is 20.2 Å². The maximum absolute atomic E-state index is 12.4. The monoisotopic (exact) mass is 479 g/mol. The van der Waals surface area contributed by atoms with Gasteiger partial charge in [-0.2, -0.15) is 0 Å². The van der Waals surface area contributed by atoms with Gasteiger partial charge >= 0.3 is 0 Å². The summed E-state index contributed by atoms with van der Waals surface area (Å²) in [6, 6.07) is 11.2. The van der Waals surface area contributed by atoms with Crippen LogP contribution in [0.5, 0.6) is 11.5 Å². The van der Waals surface area contributed by atoms with Gasteiger partial charge < -0.3 is 14.8 Å². The molecule has 2 aromatic rings. The highest BCUT2D eigenvalue weighted by atomic mass is 32.2. The van der Waals surface area contributed by atoms with E-state index in [1.54, 1.807) is 0 Å². The number of amides is 1. The molecule has 0 atom stereocenters. The zero-order chi connectivity index (χ0) is 24.8. The van der Waals surface area contributed by atoms with E-state index < -0.39 is 27.4 Å². The summed E-state index contributed by atoms with van der Waals surface area (Å²) in [7, 11) is -2.64. The number of rotatable bonds is 10. The van der Waals surface area contributed by atoms with Crippen molar-refractivity contribution in [3.05, 3.63) is 58.1 Å². The maximum Gasteiger partial charge on any atom is 0.271 e. The molecule has 2 aromatic carbocycles. The van der Waals surface area contributed by atoms with E-state index in [9.17, 15) is 23.3 Å². The van der Waals surface area contributed by atoms with E-state index in [4.69, 9.17) is 9.47 Å². The number of anilines is 1. The standard InChI is InChI=1S/C22H29N3O7S/c1-22(2,3)16-6-9-18(10-7-16)32-13-12-23-21(26)15-24(33(5,29)30)19-14-17(25(27)28)8-11-20(19)31-4/h6-11,14H,12-13,15H2,1-5H3,(H,23,26). The lowest BCUT2D eigenvalue weighted by atomic mass is 9.87. The quantitative estimate of drug-likeness (QED) is 0.315. The second kappa shape index (κ2) is 10.5. The largest absolute Gasteiger partial charge is 0.495 e. The van der Waals surface area contributed by atoms with E-state index in [-0.39, 0.29) is 35.7 Å². The van der Waals surface area contributed by atoms with E-state index in [1.165, 1.54) is 24.8 Å². The Hall–Kier alpha value is -3.34. The third kappa shape index (κ3) is 7.35. The molecule has 10 nitrogen and oxygen atoms in total. The van der Waals surface area contributed by atoms with Crippen LogP contribution in [0, 0.1) is 10.1 Å². The summed E-state index contributed by atoms with van der Waals surface area (Å²) in [5.74, 6) is 0.137. The number of carbonyl (C=O) groups is 1. The fourth-order valence-electron chi connectivity index (χ4n) is 2.96. The number of non-ortho nitro benzene ring substituents is 1. The third-order valence-corrected chi connectivity index (χ3v) is 5.87. The molecule has 1 amide bonds. The molecule has 0 aliphatic heterocycles. The van der Waals surface area contributed by atoms with E-state index in [1.807, 2.05) is 24.3 Å². The van der Waals surface area contributed by atoms with Crippen LogP contribution in [0.2, 0.25) is 0 Å². The first-order valence-electron chi connectivity index (χ1n) is 10.1. The second-order valence-corrected chi connectivity index (χ2v) is 10.3. The highest BCUT2D eigenvalue weighted by Crippen LogP contribution is 2.33. The molecule has 11 heteroatoms. The van der Waals surface area contributed by atoms with Crippen molar-refractivity contribution in [3.63, 3.8) is 0 Å². The smallest absolute Gasteiger partial charge is 0.271 e. The van der Waals surface area contributed by atoms with Crippen LogP contribution < -0.4 is 19.1 Å². The number of hydrogen-bond donors (Lipinski definition) is 1. The molecule has 1 N–H and O–H groups in total. The molecule has 2 rings (SSSR count). The Balaban J connectivity index is 2.02. The molecule has 0 unspecified atom stereocenters. The van der Waals surface area contributed by atoms with Crippen LogP contribution in [0.3, 0.4) is 0 Å². The Morgan fingerprint density at radius 3 is 2.30 bits per heavy atom. The lowest BCUT2D eigenvalue weighted by Crippen LogP contribution is -2.41. The number of nitrogens with zero attached hydrogens (tertiary/aromatic N) is 2. The minimum absolute atomic E-state index is 0.0276. The van der Waals surface area contributed by atoms with E-state index in [0.717, 1.165) is 16.6 Å². The number of nitro groups is 1. The average molecular weight is 480 g/mol. The number of ether oxygens (including phenoxy) is 2. The van der Waals surface area contributed by atoms with Gasteiger partial charge in [-0.3, -0.25) is 19.2 Å². The van der Waals surface area contributed by atoms with Crippen molar-refractivity contribution in [1.29, 1.82) is 0 Å². The first-order chi connectivity index (χ1) is 15.3. The lowest BCUT2D eigenvalue weighted by Gasteiger charge is -2.23. The van der Waals surface area contributed by atoms with Crippen LogP contribution in [0.15, 0.2) is 42.5 Å². The number of benzene rings is 2. The van der Waals surface area contributed by atoms with E-state index in [0.29, 0.717) is 5.75 Å². The van der Waals surface area contributed by atoms with E-state index in [2.05, 4.69) is 26.1 Å². The van der Waals surface area contributed by atoms with Crippen molar-refractivity contribution in [2.45, 2.75) is 26.2 Å². The van der Waals surface area contributed by atoms with Gasteiger partial charge in [-0.25, -0.2) is 8.42 Å². The zero-order valence-electron chi connectivity index (χ0n) is 19.3. The van der Waals surface area contributed by atoms with Gasteiger partial charge in [-0.05, 0) is 29.2 Å². The van der Waals surface area contributed by atoms with Crippen LogP contribution in [0.1, 0.15) is 26.3 Å². The maximum atomic E-state index is 12.4. The predicted molar refractivity (Wildman–Crippen MR) is 125 cm³/mol. The van der Waals surface area contributed by atoms with Crippen molar-refractivity contribution in [1.82, 2.24) is 5.32 Å². The number of sulfonamides is 1. The topological polar surface area (TPSA) is 128 Å². The average Bonchev–Trinajstić information content (AvgIpc) is 2.73. The summed E-state index contributed by atoms with van der Waals surface area (Å²) in [6.45, 7) is 6.09. The minimum Gasteiger partial charge on any atom is -0.495 e. The fraction of sp³-hybridized carbons (Fsp3) is 0.409. The molecule has 0 aliphatic rings. The second-order valence-electron chi connectivity index (χ2n) is 8.36. The predicted octanol–water partition coefficient (Wildman–Crippen LogP) is 2.86. The van der Waals surface area contributed by atoms with Crippen molar-refractivity contribution >= 4 is 27.3 Å². The molecule has 0 saturated heterocycles. The molecule has 33 heavy (non-hydrogen) atoms. The molecule has 0 bridgehead atoms. The Morgan fingerprint density at radius 2 is 1.79 bits per heavy atom. The van der Waals surface area contributed by atoms with Crippen molar-refractivity contribution in [2.24, 2.45) is 0 Å². The van der Waals surface area contributed by atoms with Crippen LogP contribution in [0.25, 0.3) is 0 Å². The first-order valence-corrected chi connectivity index (χ1v) is 12.0. The number of hydrogen-bond acceptors (Lipinski definition) is 7. The summed E-state index contributed by atoms with van der Waals surface area (Å²) >= 11 is 0. The minimum atomic E-state index is -3.94. The van der Waals surface area contributed by atoms with Gasteiger partial charge in [0.2, 0.25) is 15.9 Å². The molecular formula is C22H29N3O7S. The Kier molecular flexibility index (Phi) is 8.26. The molecule has 180 valence electrons. The van der Waals surface area contributed by atoms with Gasteiger partial charge in [-0.1, -0.05) is 32.9 Å². The molecule has 0 fully saturated rings. The number of nitrogens with one attached hydrogen (secondary N) is 1. The van der Waals surface area contributed by atoms with Gasteiger partial charge in [-0.15, -0.1) is 0 Å². The first kappa shape index (κ1) is 25.9.